The van der Waals surface area contributed by atoms with E-state index in [1.807, 2.05) is 13.8 Å². The van der Waals surface area contributed by atoms with E-state index in [0.717, 1.165) is 0 Å². The number of carbonyl (C=O) groups excluding carboxylic acids is 1. The summed E-state index contributed by atoms with van der Waals surface area (Å²) in [7, 11) is 0. The molecule has 1 atom stereocenters. The minimum absolute atomic E-state index is 0.0599. The molecule has 1 heterocycles. The number of hydrogen-bond donors (Lipinski definition) is 2. The van der Waals surface area contributed by atoms with Crippen LogP contribution in [-0.2, 0) is 6.54 Å². The molecule has 0 bridgehead atoms. The van der Waals surface area contributed by atoms with Gasteiger partial charge >= 0.3 is 0 Å². The minimum atomic E-state index is -0.849. The number of amides is 1. The Balaban J connectivity index is 1.86. The summed E-state index contributed by atoms with van der Waals surface area (Å²) in [5, 5.41) is 12.6. The molecule has 0 spiro atoms. The van der Waals surface area contributed by atoms with Crippen LogP contribution in [0.15, 0.2) is 53.5 Å². The van der Waals surface area contributed by atoms with Crippen molar-refractivity contribution in [3.8, 4) is 5.75 Å². The van der Waals surface area contributed by atoms with E-state index >= 15 is 0 Å². The Bertz CT molecular complexity index is 722. The molecule has 0 radical (unpaired) electrons. The van der Waals surface area contributed by atoms with E-state index in [9.17, 15) is 14.7 Å². The summed E-state index contributed by atoms with van der Waals surface area (Å²) in [5.41, 5.74) is 0.291. The summed E-state index contributed by atoms with van der Waals surface area (Å²) in [4.78, 5) is 23.6. The molecule has 6 nitrogen and oxygen atoms in total. The number of rotatable bonds is 7. The molecule has 0 aliphatic carbocycles. The summed E-state index contributed by atoms with van der Waals surface area (Å²) < 4.78 is 6.92. The Morgan fingerprint density at radius 2 is 1.92 bits per heavy atom. The average molecular weight is 330 g/mol. The molecule has 2 rings (SSSR count). The van der Waals surface area contributed by atoms with Gasteiger partial charge in [-0.3, -0.25) is 9.59 Å². The number of hydrogen-bond acceptors (Lipinski definition) is 4. The lowest BCUT2D eigenvalue weighted by Gasteiger charge is -2.14. The van der Waals surface area contributed by atoms with Gasteiger partial charge in [0.05, 0.1) is 18.8 Å². The lowest BCUT2D eigenvalue weighted by atomic mass is 10.2. The highest BCUT2D eigenvalue weighted by molar-refractivity contribution is 5.94. The zero-order valence-corrected chi connectivity index (χ0v) is 13.8. The third-order valence-corrected chi connectivity index (χ3v) is 3.29. The number of ether oxygens (including phenoxy) is 1. The molecule has 24 heavy (non-hydrogen) atoms. The first kappa shape index (κ1) is 17.7. The van der Waals surface area contributed by atoms with Gasteiger partial charge in [-0.05, 0) is 44.2 Å². The molecular formula is C18H22N2O4. The van der Waals surface area contributed by atoms with E-state index in [4.69, 9.17) is 4.74 Å². The van der Waals surface area contributed by atoms with Crippen LogP contribution >= 0.6 is 0 Å². The fourth-order valence-corrected chi connectivity index (χ4v) is 2.17. The van der Waals surface area contributed by atoms with Gasteiger partial charge in [-0.25, -0.2) is 0 Å². The maximum absolute atomic E-state index is 12.1. The second kappa shape index (κ2) is 8.31. The number of aliphatic hydroxyl groups is 1. The number of carbonyl (C=O) groups is 1. The highest BCUT2D eigenvalue weighted by Gasteiger charge is 2.10. The number of aromatic nitrogens is 1. The Morgan fingerprint density at radius 1 is 1.21 bits per heavy atom. The van der Waals surface area contributed by atoms with Crippen LogP contribution in [0.1, 0.15) is 24.2 Å². The van der Waals surface area contributed by atoms with Crippen LogP contribution in [0, 0.1) is 0 Å². The molecule has 0 fully saturated rings. The Kier molecular flexibility index (Phi) is 6.14. The molecule has 128 valence electrons. The van der Waals surface area contributed by atoms with Crippen molar-refractivity contribution in [3.05, 3.63) is 64.6 Å². The third-order valence-electron chi connectivity index (χ3n) is 3.29. The summed E-state index contributed by atoms with van der Waals surface area (Å²) in [6.07, 6.45) is 0.819. The van der Waals surface area contributed by atoms with Gasteiger partial charge in [-0.1, -0.05) is 6.07 Å². The second-order valence-corrected chi connectivity index (χ2v) is 5.75. The van der Waals surface area contributed by atoms with E-state index in [-0.39, 0.29) is 30.7 Å². The molecule has 0 saturated heterocycles. The molecule has 0 saturated carbocycles. The summed E-state index contributed by atoms with van der Waals surface area (Å²) in [5.74, 6) is 0.413. The van der Waals surface area contributed by atoms with E-state index < -0.39 is 6.10 Å². The quantitative estimate of drug-likeness (QED) is 0.805. The summed E-state index contributed by atoms with van der Waals surface area (Å²) in [6.45, 7) is 4.05. The van der Waals surface area contributed by atoms with Gasteiger partial charge in [0.25, 0.3) is 11.5 Å². The Hall–Kier alpha value is -2.60. The van der Waals surface area contributed by atoms with Crippen molar-refractivity contribution in [1.29, 1.82) is 0 Å². The minimum Gasteiger partial charge on any atom is -0.491 e. The Morgan fingerprint density at radius 3 is 2.54 bits per heavy atom. The van der Waals surface area contributed by atoms with Gasteiger partial charge in [0, 0.05) is 24.4 Å². The Labute approximate surface area is 140 Å². The SMILES string of the molecule is CC(C)Oc1ccc(C(=O)NCC(O)Cn2ccccc2=O)cc1. The molecule has 0 aliphatic heterocycles. The topological polar surface area (TPSA) is 80.6 Å². The molecule has 1 aromatic heterocycles. The molecule has 2 N–H and O–H groups in total. The predicted molar refractivity (Wildman–Crippen MR) is 91.2 cm³/mol. The molecule has 1 unspecified atom stereocenters. The molecule has 0 aliphatic rings. The summed E-state index contributed by atoms with van der Waals surface area (Å²) >= 11 is 0. The fourth-order valence-electron chi connectivity index (χ4n) is 2.17. The van der Waals surface area contributed by atoms with Crippen LogP contribution in [0.5, 0.6) is 5.75 Å². The average Bonchev–Trinajstić information content (AvgIpc) is 2.55. The van der Waals surface area contributed by atoms with Gasteiger partial charge in [0.1, 0.15) is 5.75 Å². The largest absolute Gasteiger partial charge is 0.491 e. The van der Waals surface area contributed by atoms with E-state index in [0.29, 0.717) is 11.3 Å². The highest BCUT2D eigenvalue weighted by atomic mass is 16.5. The highest BCUT2D eigenvalue weighted by Crippen LogP contribution is 2.13. The first-order valence-corrected chi connectivity index (χ1v) is 7.84. The number of aliphatic hydroxyl groups excluding tert-OH is 1. The van der Waals surface area contributed by atoms with Gasteiger partial charge in [0.15, 0.2) is 0 Å². The third kappa shape index (κ3) is 5.24. The summed E-state index contributed by atoms with van der Waals surface area (Å²) in [6, 6.07) is 11.6. The zero-order valence-electron chi connectivity index (χ0n) is 13.8. The van der Waals surface area contributed by atoms with Crippen LogP contribution in [-0.4, -0.2) is 34.3 Å². The van der Waals surface area contributed by atoms with Crippen molar-refractivity contribution in [2.75, 3.05) is 6.54 Å². The van der Waals surface area contributed by atoms with Crippen LogP contribution in [0.2, 0.25) is 0 Å². The van der Waals surface area contributed by atoms with Gasteiger partial charge in [-0.2, -0.15) is 0 Å². The second-order valence-electron chi connectivity index (χ2n) is 5.75. The maximum Gasteiger partial charge on any atom is 0.251 e. The first-order valence-electron chi connectivity index (χ1n) is 7.84. The molecule has 1 amide bonds. The maximum atomic E-state index is 12.1. The monoisotopic (exact) mass is 330 g/mol. The molecule has 6 heteroatoms. The molecular weight excluding hydrogens is 308 g/mol. The van der Waals surface area contributed by atoms with Crippen LogP contribution in [0.3, 0.4) is 0 Å². The van der Waals surface area contributed by atoms with Crippen LogP contribution in [0.25, 0.3) is 0 Å². The lowest BCUT2D eigenvalue weighted by molar-refractivity contribution is 0.0903. The van der Waals surface area contributed by atoms with Crippen molar-refractivity contribution < 1.29 is 14.6 Å². The van der Waals surface area contributed by atoms with E-state index in [1.54, 1.807) is 42.6 Å². The smallest absolute Gasteiger partial charge is 0.251 e. The first-order chi connectivity index (χ1) is 11.5. The standard InChI is InChI=1S/C18H22N2O4/c1-13(2)24-16-8-6-14(7-9-16)18(23)19-11-15(21)12-20-10-4-3-5-17(20)22/h3-10,13,15,21H,11-12H2,1-2H3,(H,19,23). The fraction of sp³-hybridized carbons (Fsp3) is 0.333. The molecule has 1 aromatic carbocycles. The van der Waals surface area contributed by atoms with Crippen molar-refractivity contribution >= 4 is 5.91 Å². The van der Waals surface area contributed by atoms with Crippen molar-refractivity contribution in [3.63, 3.8) is 0 Å². The number of nitrogens with zero attached hydrogens (tertiary/aromatic N) is 1. The van der Waals surface area contributed by atoms with Crippen LogP contribution in [0.4, 0.5) is 0 Å². The number of benzene rings is 1. The lowest BCUT2D eigenvalue weighted by Crippen LogP contribution is -2.36. The zero-order chi connectivity index (χ0) is 17.5. The van der Waals surface area contributed by atoms with Crippen molar-refractivity contribution in [2.45, 2.75) is 32.6 Å². The van der Waals surface area contributed by atoms with E-state index in [2.05, 4.69) is 5.32 Å². The number of nitrogens with one attached hydrogen (secondary N) is 1. The van der Waals surface area contributed by atoms with E-state index in [1.165, 1.54) is 10.6 Å². The predicted octanol–water partition coefficient (Wildman–Crippen LogP) is 1.43. The van der Waals surface area contributed by atoms with Gasteiger partial charge in [0.2, 0.25) is 0 Å². The molecule has 2 aromatic rings. The van der Waals surface area contributed by atoms with Crippen molar-refractivity contribution in [1.82, 2.24) is 9.88 Å². The van der Waals surface area contributed by atoms with Gasteiger partial charge < -0.3 is 19.7 Å². The van der Waals surface area contributed by atoms with Crippen LogP contribution < -0.4 is 15.6 Å². The van der Waals surface area contributed by atoms with Crippen molar-refractivity contribution in [2.24, 2.45) is 0 Å². The normalized spacial score (nSPS) is 12.0. The number of pyridine rings is 1. The van der Waals surface area contributed by atoms with Gasteiger partial charge in [-0.15, -0.1) is 0 Å².